The Bertz CT molecular complexity index is 1450. The molecule has 4 aromatic carbocycles. The maximum absolute atomic E-state index is 13.7. The van der Waals surface area contributed by atoms with E-state index in [1.165, 1.54) is 22.3 Å². The molecule has 6 rings (SSSR count). The highest BCUT2D eigenvalue weighted by Gasteiger charge is 2.31. The van der Waals surface area contributed by atoms with Crippen molar-refractivity contribution in [2.24, 2.45) is 0 Å². The number of benzene rings is 4. The van der Waals surface area contributed by atoms with E-state index in [2.05, 4.69) is 35.7 Å². The Morgan fingerprint density at radius 1 is 0.795 bits per heavy atom. The summed E-state index contributed by atoms with van der Waals surface area (Å²) in [4.78, 5) is 28.5. The van der Waals surface area contributed by atoms with Crippen LogP contribution in [0.25, 0.3) is 11.1 Å². The largest absolute Gasteiger partial charge is 0.449 e. The van der Waals surface area contributed by atoms with E-state index < -0.39 is 6.09 Å². The molecule has 1 aliphatic heterocycles. The summed E-state index contributed by atoms with van der Waals surface area (Å²) in [5, 5.41) is 2.96. The first-order valence-electron chi connectivity index (χ1n) is 13.4. The number of para-hydroxylation sites is 1. The zero-order valence-corrected chi connectivity index (χ0v) is 21.6. The first kappa shape index (κ1) is 24.7. The van der Waals surface area contributed by atoms with Crippen LogP contribution in [0.15, 0.2) is 121 Å². The number of nitrogens with one attached hydrogen (secondary N) is 1. The number of nitrogens with zero attached hydrogens (tertiary/aromatic N) is 1. The van der Waals surface area contributed by atoms with Crippen molar-refractivity contribution in [3.8, 4) is 11.1 Å². The summed E-state index contributed by atoms with van der Waals surface area (Å²) in [7, 11) is 0. The molecular formula is C34H30N2O3. The molecule has 5 heteroatoms. The lowest BCUT2D eigenvalue weighted by atomic mass is 9.98. The second-order valence-electron chi connectivity index (χ2n) is 9.99. The van der Waals surface area contributed by atoms with Crippen LogP contribution in [0.1, 0.15) is 41.5 Å². The van der Waals surface area contributed by atoms with Gasteiger partial charge in [0.15, 0.2) is 0 Å². The number of alkyl carbamates (subject to hydrolysis) is 1. The van der Waals surface area contributed by atoms with Crippen LogP contribution in [0, 0.1) is 0 Å². The van der Waals surface area contributed by atoms with Crippen molar-refractivity contribution in [3.05, 3.63) is 138 Å². The quantitative estimate of drug-likeness (QED) is 0.291. The number of amides is 2. The first-order valence-corrected chi connectivity index (χ1v) is 13.4. The molecule has 0 aromatic heterocycles. The third-order valence-corrected chi connectivity index (χ3v) is 7.55. The molecule has 4 aromatic rings. The average molecular weight is 515 g/mol. The smallest absolute Gasteiger partial charge is 0.407 e. The van der Waals surface area contributed by atoms with Crippen molar-refractivity contribution in [3.63, 3.8) is 0 Å². The fourth-order valence-corrected chi connectivity index (χ4v) is 5.73. The number of carbonyl (C=O) groups is 2. The topological polar surface area (TPSA) is 58.6 Å². The van der Waals surface area contributed by atoms with Gasteiger partial charge in [0.25, 0.3) is 0 Å². The number of anilines is 1. The minimum absolute atomic E-state index is 0.0118. The number of ether oxygens (including phenoxy) is 1. The SMILES string of the molecule is O=C(NC1C/C=C\C(c2ccccc2)N(c2ccccc2)C(=O)C1)OCC1c2ccccc2-c2ccccc21. The number of hydrogen-bond acceptors (Lipinski definition) is 3. The van der Waals surface area contributed by atoms with Gasteiger partial charge in [-0.3, -0.25) is 4.79 Å². The molecule has 0 spiro atoms. The van der Waals surface area contributed by atoms with Crippen molar-refractivity contribution in [2.75, 3.05) is 11.5 Å². The second kappa shape index (κ2) is 11.0. The Kier molecular flexibility index (Phi) is 6.96. The minimum atomic E-state index is -0.505. The monoisotopic (exact) mass is 514 g/mol. The van der Waals surface area contributed by atoms with E-state index in [4.69, 9.17) is 4.74 Å². The number of hydrogen-bond donors (Lipinski definition) is 1. The highest BCUT2D eigenvalue weighted by Crippen LogP contribution is 2.44. The van der Waals surface area contributed by atoms with E-state index in [-0.39, 0.29) is 36.9 Å². The molecule has 1 N–H and O–H groups in total. The summed E-state index contributed by atoms with van der Waals surface area (Å²) in [6.45, 7) is 0.239. The zero-order valence-electron chi connectivity index (χ0n) is 21.6. The van der Waals surface area contributed by atoms with E-state index in [9.17, 15) is 9.59 Å². The lowest BCUT2D eigenvalue weighted by molar-refractivity contribution is -0.119. The summed E-state index contributed by atoms with van der Waals surface area (Å²) in [6, 6.07) is 35.6. The molecule has 5 nitrogen and oxygen atoms in total. The Balaban J connectivity index is 1.17. The van der Waals surface area contributed by atoms with Crippen molar-refractivity contribution < 1.29 is 14.3 Å². The molecule has 39 heavy (non-hydrogen) atoms. The van der Waals surface area contributed by atoms with Crippen molar-refractivity contribution in [2.45, 2.75) is 30.8 Å². The second-order valence-corrected chi connectivity index (χ2v) is 9.99. The Morgan fingerprint density at radius 3 is 2.05 bits per heavy atom. The van der Waals surface area contributed by atoms with E-state index in [0.29, 0.717) is 6.42 Å². The average Bonchev–Trinajstić information content (AvgIpc) is 3.29. The third kappa shape index (κ3) is 5.08. The van der Waals surface area contributed by atoms with Gasteiger partial charge in [0.1, 0.15) is 6.61 Å². The molecule has 2 atom stereocenters. The highest BCUT2D eigenvalue weighted by molar-refractivity contribution is 5.95. The van der Waals surface area contributed by atoms with Gasteiger partial charge in [-0.2, -0.15) is 0 Å². The van der Waals surface area contributed by atoms with Crippen molar-refractivity contribution in [1.82, 2.24) is 5.32 Å². The van der Waals surface area contributed by atoms with Crippen molar-refractivity contribution in [1.29, 1.82) is 0 Å². The van der Waals surface area contributed by atoms with Gasteiger partial charge in [-0.25, -0.2) is 4.79 Å². The fourth-order valence-electron chi connectivity index (χ4n) is 5.73. The first-order chi connectivity index (χ1) is 19.2. The van der Waals surface area contributed by atoms with Crippen LogP contribution in [-0.2, 0) is 9.53 Å². The summed E-state index contributed by atoms with van der Waals surface area (Å²) in [5.74, 6) is -0.0643. The molecule has 0 fully saturated rings. The minimum Gasteiger partial charge on any atom is -0.449 e. The predicted octanol–water partition coefficient (Wildman–Crippen LogP) is 7.02. The van der Waals surface area contributed by atoms with Crippen LogP contribution in [0.5, 0.6) is 0 Å². The third-order valence-electron chi connectivity index (χ3n) is 7.55. The Morgan fingerprint density at radius 2 is 1.38 bits per heavy atom. The predicted molar refractivity (Wildman–Crippen MR) is 153 cm³/mol. The molecule has 1 heterocycles. The molecule has 194 valence electrons. The summed E-state index contributed by atoms with van der Waals surface area (Å²) in [5.41, 5.74) is 6.57. The highest BCUT2D eigenvalue weighted by atomic mass is 16.5. The summed E-state index contributed by atoms with van der Waals surface area (Å²) in [6.07, 6.45) is 4.31. The summed E-state index contributed by atoms with van der Waals surface area (Å²) >= 11 is 0. The normalized spacial score (nSPS) is 19.4. The van der Waals surface area contributed by atoms with Gasteiger partial charge >= 0.3 is 6.09 Å². The molecule has 0 bridgehead atoms. The molecule has 1 aliphatic carbocycles. The fraction of sp³-hybridized carbons (Fsp3) is 0.176. The van der Waals surface area contributed by atoms with Gasteiger partial charge in [-0.1, -0.05) is 109 Å². The van der Waals surface area contributed by atoms with E-state index >= 15 is 0 Å². The zero-order chi connectivity index (χ0) is 26.6. The molecular weight excluding hydrogens is 484 g/mol. The maximum atomic E-state index is 13.7. The van der Waals surface area contributed by atoms with E-state index in [1.54, 1.807) is 0 Å². The number of carbonyl (C=O) groups excluding carboxylic acids is 2. The molecule has 0 saturated carbocycles. The number of fused-ring (bicyclic) bond motifs is 3. The standard InChI is InChI=1S/C34H30N2O3/c37-33-22-25(14-11-21-32(24-12-3-1-4-13-24)36(33)26-15-5-2-6-16-26)35-34(38)39-23-31-29-19-9-7-17-27(29)28-18-8-10-20-30(28)31/h1-13,15-21,25,31-32H,14,22-23H2,(H,35,38)/b21-11-. The maximum Gasteiger partial charge on any atom is 0.407 e. The van der Waals surface area contributed by atoms with Crippen LogP contribution in [0.4, 0.5) is 10.5 Å². The lowest BCUT2D eigenvalue weighted by Gasteiger charge is -2.33. The van der Waals surface area contributed by atoms with Gasteiger partial charge in [-0.05, 0) is 46.4 Å². The molecule has 2 unspecified atom stereocenters. The lowest BCUT2D eigenvalue weighted by Crippen LogP contribution is -2.43. The molecule has 0 radical (unpaired) electrons. The van der Waals surface area contributed by atoms with Crippen LogP contribution < -0.4 is 10.2 Å². The van der Waals surface area contributed by atoms with Gasteiger partial charge in [0, 0.05) is 24.1 Å². The van der Waals surface area contributed by atoms with Crippen LogP contribution in [0.3, 0.4) is 0 Å². The van der Waals surface area contributed by atoms with Crippen molar-refractivity contribution >= 4 is 17.7 Å². The van der Waals surface area contributed by atoms with E-state index in [0.717, 1.165) is 11.3 Å². The Hall–Kier alpha value is -4.64. The van der Waals surface area contributed by atoms with Gasteiger partial charge < -0.3 is 15.0 Å². The van der Waals surface area contributed by atoms with Gasteiger partial charge in [0.05, 0.1) is 6.04 Å². The van der Waals surface area contributed by atoms with Crippen LogP contribution >= 0.6 is 0 Å². The van der Waals surface area contributed by atoms with Crippen LogP contribution in [0.2, 0.25) is 0 Å². The van der Waals surface area contributed by atoms with Gasteiger partial charge in [-0.15, -0.1) is 0 Å². The van der Waals surface area contributed by atoms with Crippen LogP contribution in [-0.4, -0.2) is 24.6 Å². The number of rotatable bonds is 5. The molecule has 2 amide bonds. The Labute approximate surface area is 228 Å². The summed E-state index contributed by atoms with van der Waals surface area (Å²) < 4.78 is 5.75. The molecule has 2 aliphatic rings. The van der Waals surface area contributed by atoms with Gasteiger partial charge in [0.2, 0.25) is 5.91 Å². The van der Waals surface area contributed by atoms with E-state index in [1.807, 2.05) is 95.9 Å². The molecule has 0 saturated heterocycles.